The molecule has 4 aliphatic rings. The lowest BCUT2D eigenvalue weighted by Crippen LogP contribution is -2.47. The summed E-state index contributed by atoms with van der Waals surface area (Å²) in [5.41, 5.74) is 2.32. The van der Waals surface area contributed by atoms with E-state index >= 15 is 0 Å². The molecular formula is C29H34N2O5. The molecule has 0 heterocycles. The molecule has 0 atom stereocenters. The number of carbonyl (C=O) groups excluding carboxylic acids is 3. The molecule has 4 bridgehead atoms. The number of anilines is 1. The summed E-state index contributed by atoms with van der Waals surface area (Å²) >= 11 is 0. The van der Waals surface area contributed by atoms with Gasteiger partial charge in [0.25, 0.3) is 5.91 Å². The zero-order chi connectivity index (χ0) is 25.1. The van der Waals surface area contributed by atoms with E-state index in [9.17, 15) is 14.4 Å². The second kappa shape index (κ2) is 10.3. The number of carbonyl (C=O) groups is 3. The topological polar surface area (TPSA) is 93.7 Å². The Morgan fingerprint density at radius 1 is 0.944 bits per heavy atom. The van der Waals surface area contributed by atoms with E-state index in [4.69, 9.17) is 9.47 Å². The summed E-state index contributed by atoms with van der Waals surface area (Å²) in [6.45, 7) is 2.26. The molecule has 2 amide bonds. The number of hydrogen-bond donors (Lipinski definition) is 2. The van der Waals surface area contributed by atoms with Gasteiger partial charge in [0.1, 0.15) is 5.75 Å². The van der Waals surface area contributed by atoms with Gasteiger partial charge < -0.3 is 20.1 Å². The minimum Gasteiger partial charge on any atom is -0.434 e. The predicted molar refractivity (Wildman–Crippen MR) is 136 cm³/mol. The SMILES string of the molecule is CCOC(=O)Oc1ccc(C(=O)NCc2cccc(NC(=O)CC34CC5CC(CC(C5)C3)C4)c2)cc1. The lowest BCUT2D eigenvalue weighted by atomic mass is 9.49. The van der Waals surface area contributed by atoms with Gasteiger partial charge in [-0.2, -0.15) is 0 Å². The Bertz CT molecular complexity index is 1090. The molecule has 2 N–H and O–H groups in total. The number of hydrogen-bond acceptors (Lipinski definition) is 5. The number of nitrogens with one attached hydrogen (secondary N) is 2. The minimum atomic E-state index is -0.778. The van der Waals surface area contributed by atoms with Gasteiger partial charge in [0.05, 0.1) is 6.61 Å². The van der Waals surface area contributed by atoms with Gasteiger partial charge in [-0.1, -0.05) is 12.1 Å². The Balaban J connectivity index is 1.12. The van der Waals surface area contributed by atoms with E-state index in [1.807, 2.05) is 24.3 Å². The number of rotatable bonds is 8. The molecule has 4 fully saturated rings. The Kier molecular flexibility index (Phi) is 6.99. The molecule has 2 aromatic rings. The number of amides is 2. The first-order valence-electron chi connectivity index (χ1n) is 13.0. The lowest BCUT2D eigenvalue weighted by molar-refractivity contribution is -0.124. The number of benzene rings is 2. The van der Waals surface area contributed by atoms with Crippen molar-refractivity contribution in [3.05, 3.63) is 59.7 Å². The molecule has 36 heavy (non-hydrogen) atoms. The Hall–Kier alpha value is -3.35. The highest BCUT2D eigenvalue weighted by Gasteiger charge is 2.51. The first-order chi connectivity index (χ1) is 17.4. The quantitative estimate of drug-likeness (QED) is 0.366. The molecule has 7 heteroatoms. The highest BCUT2D eigenvalue weighted by Crippen LogP contribution is 2.61. The van der Waals surface area contributed by atoms with Gasteiger partial charge >= 0.3 is 6.16 Å². The van der Waals surface area contributed by atoms with E-state index in [0.29, 0.717) is 24.3 Å². The smallest absolute Gasteiger partial charge is 0.434 e. The van der Waals surface area contributed by atoms with Gasteiger partial charge in [0.15, 0.2) is 0 Å². The van der Waals surface area contributed by atoms with E-state index < -0.39 is 6.16 Å². The second-order valence-corrected chi connectivity index (χ2v) is 10.8. The van der Waals surface area contributed by atoms with Crippen molar-refractivity contribution in [2.45, 2.75) is 58.4 Å². The standard InChI is InChI=1S/C29H34N2O5/c1-2-35-28(34)36-25-8-6-23(7-9-25)27(33)30-18-19-4-3-5-24(13-19)31-26(32)17-29-14-20-10-21(15-29)12-22(11-20)16-29/h3-9,13,20-22H,2,10-12,14-18H2,1H3,(H,30,33)(H,31,32). The third-order valence-corrected chi connectivity index (χ3v) is 7.94. The van der Waals surface area contributed by atoms with E-state index in [-0.39, 0.29) is 23.8 Å². The first kappa shape index (κ1) is 24.3. The molecule has 0 saturated heterocycles. The van der Waals surface area contributed by atoms with E-state index in [1.54, 1.807) is 31.2 Å². The molecule has 190 valence electrons. The Morgan fingerprint density at radius 3 is 2.25 bits per heavy atom. The largest absolute Gasteiger partial charge is 0.513 e. The van der Waals surface area contributed by atoms with Crippen molar-refractivity contribution in [3.63, 3.8) is 0 Å². The second-order valence-electron chi connectivity index (χ2n) is 10.8. The van der Waals surface area contributed by atoms with Crippen molar-refractivity contribution in [1.82, 2.24) is 5.32 Å². The van der Waals surface area contributed by atoms with Crippen LogP contribution < -0.4 is 15.4 Å². The van der Waals surface area contributed by atoms with Gasteiger partial charge in [-0.05, 0) is 111 Å². The van der Waals surface area contributed by atoms with Crippen LogP contribution in [0.5, 0.6) is 5.75 Å². The molecule has 2 aromatic carbocycles. The molecule has 7 nitrogen and oxygen atoms in total. The van der Waals surface area contributed by atoms with Crippen molar-refractivity contribution in [1.29, 1.82) is 0 Å². The van der Waals surface area contributed by atoms with Gasteiger partial charge in [-0.15, -0.1) is 0 Å². The third-order valence-electron chi connectivity index (χ3n) is 7.94. The van der Waals surface area contributed by atoms with Crippen molar-refractivity contribution in [2.24, 2.45) is 23.2 Å². The van der Waals surface area contributed by atoms with Crippen LogP contribution in [0.3, 0.4) is 0 Å². The third kappa shape index (κ3) is 5.72. The van der Waals surface area contributed by atoms with Gasteiger partial charge in [0.2, 0.25) is 5.91 Å². The highest BCUT2D eigenvalue weighted by molar-refractivity contribution is 5.94. The predicted octanol–water partition coefficient (Wildman–Crippen LogP) is 5.70. The summed E-state index contributed by atoms with van der Waals surface area (Å²) < 4.78 is 9.75. The summed E-state index contributed by atoms with van der Waals surface area (Å²) in [6, 6.07) is 13.9. The fourth-order valence-corrected chi connectivity index (χ4v) is 7.01. The molecule has 4 aliphatic carbocycles. The summed E-state index contributed by atoms with van der Waals surface area (Å²) in [5, 5.41) is 6.00. The van der Waals surface area contributed by atoms with Crippen LogP contribution in [0.1, 0.15) is 67.8 Å². The lowest BCUT2D eigenvalue weighted by Gasteiger charge is -2.56. The van der Waals surface area contributed by atoms with E-state index in [0.717, 1.165) is 29.0 Å². The summed E-state index contributed by atoms with van der Waals surface area (Å²) in [7, 11) is 0. The van der Waals surface area contributed by atoms with Crippen LogP contribution in [-0.4, -0.2) is 24.6 Å². The monoisotopic (exact) mass is 490 g/mol. The van der Waals surface area contributed by atoms with E-state index in [1.165, 1.54) is 38.5 Å². The molecule has 4 saturated carbocycles. The molecule has 0 radical (unpaired) electrons. The van der Waals surface area contributed by atoms with Crippen molar-refractivity contribution < 1.29 is 23.9 Å². The van der Waals surface area contributed by atoms with E-state index in [2.05, 4.69) is 10.6 Å². The summed E-state index contributed by atoms with van der Waals surface area (Å²) in [6.07, 6.45) is 7.62. The molecule has 6 rings (SSSR count). The van der Waals surface area contributed by atoms with Crippen molar-refractivity contribution in [3.8, 4) is 5.75 Å². The average Bonchev–Trinajstić information content (AvgIpc) is 2.82. The van der Waals surface area contributed by atoms with Crippen molar-refractivity contribution in [2.75, 3.05) is 11.9 Å². The van der Waals surface area contributed by atoms with Crippen LogP contribution >= 0.6 is 0 Å². The molecule has 0 aliphatic heterocycles. The minimum absolute atomic E-state index is 0.100. The van der Waals surface area contributed by atoms with Crippen LogP contribution in [0.15, 0.2) is 48.5 Å². The average molecular weight is 491 g/mol. The Morgan fingerprint density at radius 2 is 1.61 bits per heavy atom. The van der Waals surface area contributed by atoms with Crippen LogP contribution in [0.2, 0.25) is 0 Å². The highest BCUT2D eigenvalue weighted by atomic mass is 16.7. The normalized spacial score (nSPS) is 25.8. The molecule has 0 spiro atoms. The Labute approximate surface area is 211 Å². The fraction of sp³-hybridized carbons (Fsp3) is 0.483. The fourth-order valence-electron chi connectivity index (χ4n) is 7.01. The van der Waals surface area contributed by atoms with Crippen molar-refractivity contribution >= 4 is 23.7 Å². The molecular weight excluding hydrogens is 456 g/mol. The van der Waals surface area contributed by atoms with Gasteiger partial charge in [-0.3, -0.25) is 9.59 Å². The van der Waals surface area contributed by atoms with Crippen LogP contribution in [-0.2, 0) is 16.1 Å². The molecule has 0 aromatic heterocycles. The van der Waals surface area contributed by atoms with Gasteiger partial charge in [0, 0.05) is 24.2 Å². The zero-order valence-corrected chi connectivity index (χ0v) is 20.8. The summed E-state index contributed by atoms with van der Waals surface area (Å²) in [5.74, 6) is 2.66. The van der Waals surface area contributed by atoms with Crippen LogP contribution in [0.25, 0.3) is 0 Å². The zero-order valence-electron chi connectivity index (χ0n) is 20.8. The maximum atomic E-state index is 13.0. The maximum absolute atomic E-state index is 13.0. The van der Waals surface area contributed by atoms with Crippen LogP contribution in [0, 0.1) is 23.2 Å². The first-order valence-corrected chi connectivity index (χ1v) is 13.0. The van der Waals surface area contributed by atoms with Gasteiger partial charge in [-0.25, -0.2) is 4.79 Å². The summed E-state index contributed by atoms with van der Waals surface area (Å²) in [4.78, 5) is 36.9. The number of ether oxygens (including phenoxy) is 2. The molecule has 0 unspecified atom stereocenters. The van der Waals surface area contributed by atoms with Crippen LogP contribution in [0.4, 0.5) is 10.5 Å². The maximum Gasteiger partial charge on any atom is 0.513 e.